The van der Waals surface area contributed by atoms with Crippen molar-refractivity contribution in [2.24, 2.45) is 0 Å². The summed E-state index contributed by atoms with van der Waals surface area (Å²) in [5.74, 6) is 0. The van der Waals surface area contributed by atoms with E-state index in [9.17, 15) is 9.59 Å². The van der Waals surface area contributed by atoms with Crippen LogP contribution in [0, 0.1) is 0 Å². The summed E-state index contributed by atoms with van der Waals surface area (Å²) in [7, 11) is 0. The molecule has 0 fully saturated rings. The topological polar surface area (TPSA) is 78.1 Å². The quantitative estimate of drug-likeness (QED) is 0.648. The van der Waals surface area contributed by atoms with Gasteiger partial charge >= 0.3 is 6.03 Å². The van der Waals surface area contributed by atoms with Crippen LogP contribution in [0.25, 0.3) is 0 Å². The molecule has 1 aromatic heterocycles. The molecule has 0 bridgehead atoms. The number of carbonyl (C=O) groups excluding carboxylic acids is 2. The largest absolute Gasteiger partial charge is 0.351 e. The smallest absolute Gasteiger partial charge is 0.318 e. The number of hydrogen-bond acceptors (Lipinski definition) is 3. The number of carbonyl (C=O) groups is 1. The third kappa shape index (κ3) is 5.54. The zero-order chi connectivity index (χ0) is 18.9. The van der Waals surface area contributed by atoms with E-state index in [0.717, 1.165) is 11.1 Å². The summed E-state index contributed by atoms with van der Waals surface area (Å²) in [6, 6.07) is 18.4. The molecule has 0 saturated carbocycles. The molecule has 0 spiro atoms. The minimum absolute atomic E-state index is 0.295. The van der Waals surface area contributed by atoms with Gasteiger partial charge in [-0.2, -0.15) is 0 Å². The summed E-state index contributed by atoms with van der Waals surface area (Å²) in [5.41, 5.74) is 2.73. The van der Waals surface area contributed by atoms with E-state index in [4.69, 9.17) is 0 Å². The van der Waals surface area contributed by atoms with Gasteiger partial charge in [-0.25, -0.2) is 9.78 Å². The van der Waals surface area contributed by atoms with Crippen molar-refractivity contribution in [3.63, 3.8) is 0 Å². The van der Waals surface area contributed by atoms with Crippen molar-refractivity contribution < 1.29 is 9.59 Å². The number of benzene rings is 2. The maximum Gasteiger partial charge on any atom is 0.318 e. The normalized spacial score (nSPS) is 11.6. The summed E-state index contributed by atoms with van der Waals surface area (Å²) in [4.78, 5) is 32.8. The average Bonchev–Trinajstić information content (AvgIpc) is 3.21. The molecule has 2 aromatic carbocycles. The Morgan fingerprint density at radius 3 is 2.11 bits per heavy atom. The Kier molecular flexibility index (Phi) is 6.35. The van der Waals surface area contributed by atoms with Crippen LogP contribution < -0.4 is 5.32 Å². The van der Waals surface area contributed by atoms with Crippen molar-refractivity contribution in [2.45, 2.75) is 25.6 Å². The highest BCUT2D eigenvalue weighted by Gasteiger charge is 2.20. The molecule has 27 heavy (non-hydrogen) atoms. The van der Waals surface area contributed by atoms with Crippen LogP contribution in [0.15, 0.2) is 73.2 Å². The van der Waals surface area contributed by atoms with Gasteiger partial charge in [0.1, 0.15) is 6.04 Å². The van der Waals surface area contributed by atoms with Gasteiger partial charge in [0.05, 0.1) is 12.0 Å². The number of nitrogens with zero attached hydrogens (tertiary/aromatic N) is 2. The molecule has 3 rings (SSSR count). The van der Waals surface area contributed by atoms with Gasteiger partial charge in [-0.15, -0.1) is 0 Å². The average molecular weight is 361 g/mol. The van der Waals surface area contributed by atoms with Crippen LogP contribution in [0.3, 0.4) is 0 Å². The fourth-order valence-corrected chi connectivity index (χ4v) is 2.78. The summed E-state index contributed by atoms with van der Waals surface area (Å²) in [6.45, 7) is 0.880. The molecule has 0 saturated heterocycles. The van der Waals surface area contributed by atoms with Crippen LogP contribution in [0.4, 0.5) is 4.79 Å². The predicted octanol–water partition coefficient (Wildman–Crippen LogP) is 2.84. The molecule has 1 heterocycles. The molecule has 0 aliphatic carbocycles. The molecular formula is C21H21N4O2. The SMILES string of the molecule is O=[C][C@H](Cc1c[nH]cn1)NC(=O)N(Cc1ccccc1)Cc1ccccc1. The molecule has 0 aliphatic rings. The molecule has 6 nitrogen and oxygen atoms in total. The predicted molar refractivity (Wildman–Crippen MR) is 102 cm³/mol. The van der Waals surface area contributed by atoms with Gasteiger partial charge in [-0.3, -0.25) is 4.79 Å². The highest BCUT2D eigenvalue weighted by molar-refractivity contribution is 5.78. The maximum absolute atomic E-state index is 12.9. The summed E-state index contributed by atoms with van der Waals surface area (Å²) in [6.07, 6.45) is 5.42. The zero-order valence-corrected chi connectivity index (χ0v) is 14.8. The van der Waals surface area contributed by atoms with Crippen molar-refractivity contribution >= 4 is 12.3 Å². The number of rotatable bonds is 8. The first kappa shape index (κ1) is 18.4. The van der Waals surface area contributed by atoms with E-state index < -0.39 is 6.04 Å². The van der Waals surface area contributed by atoms with Crippen LogP contribution in [-0.2, 0) is 24.3 Å². The first-order valence-electron chi connectivity index (χ1n) is 8.73. The fraction of sp³-hybridized carbons (Fsp3) is 0.190. The number of H-pyrrole nitrogens is 1. The van der Waals surface area contributed by atoms with Crippen molar-refractivity contribution in [1.82, 2.24) is 20.2 Å². The second kappa shape index (κ2) is 9.33. The van der Waals surface area contributed by atoms with Crippen LogP contribution in [0.5, 0.6) is 0 Å². The Morgan fingerprint density at radius 2 is 1.63 bits per heavy atom. The van der Waals surface area contributed by atoms with Crippen molar-refractivity contribution in [1.29, 1.82) is 0 Å². The lowest BCUT2D eigenvalue weighted by Crippen LogP contribution is -2.45. The van der Waals surface area contributed by atoms with Gasteiger partial charge in [-0.1, -0.05) is 60.7 Å². The van der Waals surface area contributed by atoms with Gasteiger partial charge in [-0.05, 0) is 11.1 Å². The standard InChI is InChI=1S/C21H21N4O2/c26-15-20(11-19-12-22-16-23-19)24-21(27)25(13-17-7-3-1-4-8-17)14-18-9-5-2-6-10-18/h1-10,12,16,20H,11,13-14H2,(H,22,23)(H,24,27)/t20-/m0/s1. The van der Waals surface area contributed by atoms with Gasteiger partial charge in [0.25, 0.3) is 0 Å². The summed E-state index contributed by atoms with van der Waals surface area (Å²) in [5, 5.41) is 2.76. The van der Waals surface area contributed by atoms with E-state index in [1.54, 1.807) is 11.1 Å². The van der Waals surface area contributed by atoms with E-state index in [0.29, 0.717) is 25.2 Å². The first-order chi connectivity index (χ1) is 13.2. The molecule has 3 aromatic rings. The number of nitrogens with one attached hydrogen (secondary N) is 2. The Balaban J connectivity index is 1.71. The Hall–Kier alpha value is -3.41. The Labute approximate surface area is 158 Å². The fourth-order valence-electron chi connectivity index (χ4n) is 2.78. The third-order valence-corrected chi connectivity index (χ3v) is 4.13. The number of urea groups is 1. The Bertz CT molecular complexity index is 794. The Morgan fingerprint density at radius 1 is 1.04 bits per heavy atom. The minimum atomic E-state index is -0.755. The number of hydrogen-bond donors (Lipinski definition) is 2. The lowest BCUT2D eigenvalue weighted by molar-refractivity contribution is 0.190. The van der Waals surface area contributed by atoms with Crippen molar-refractivity contribution in [3.8, 4) is 0 Å². The number of aromatic nitrogens is 2. The van der Waals surface area contributed by atoms with Gasteiger partial charge < -0.3 is 15.2 Å². The second-order valence-electron chi connectivity index (χ2n) is 6.21. The monoisotopic (exact) mass is 361 g/mol. The summed E-state index contributed by atoms with van der Waals surface area (Å²) < 4.78 is 0. The maximum atomic E-state index is 12.9. The van der Waals surface area contributed by atoms with E-state index in [1.807, 2.05) is 66.9 Å². The van der Waals surface area contributed by atoms with Crippen LogP contribution >= 0.6 is 0 Å². The van der Waals surface area contributed by atoms with Gasteiger partial charge in [0.15, 0.2) is 0 Å². The lowest BCUT2D eigenvalue weighted by Gasteiger charge is -2.25. The number of imidazole rings is 1. The second-order valence-corrected chi connectivity index (χ2v) is 6.21. The minimum Gasteiger partial charge on any atom is -0.351 e. The zero-order valence-electron chi connectivity index (χ0n) is 14.8. The van der Waals surface area contributed by atoms with Crippen LogP contribution in [0.1, 0.15) is 16.8 Å². The molecule has 6 heteroatoms. The molecule has 1 atom stereocenters. The highest BCUT2D eigenvalue weighted by atomic mass is 16.2. The van der Waals surface area contributed by atoms with E-state index in [1.165, 1.54) is 6.33 Å². The van der Waals surface area contributed by atoms with E-state index >= 15 is 0 Å². The van der Waals surface area contributed by atoms with E-state index in [2.05, 4.69) is 15.3 Å². The van der Waals surface area contributed by atoms with Gasteiger partial charge in [0, 0.05) is 25.7 Å². The van der Waals surface area contributed by atoms with Crippen LogP contribution in [-0.4, -0.2) is 33.2 Å². The molecule has 137 valence electrons. The van der Waals surface area contributed by atoms with Crippen molar-refractivity contribution in [3.05, 3.63) is 90.0 Å². The molecule has 2 amide bonds. The van der Waals surface area contributed by atoms with E-state index in [-0.39, 0.29) is 6.03 Å². The lowest BCUT2D eigenvalue weighted by atomic mass is 10.1. The van der Waals surface area contributed by atoms with Crippen LogP contribution in [0.2, 0.25) is 0 Å². The highest BCUT2D eigenvalue weighted by Crippen LogP contribution is 2.11. The first-order valence-corrected chi connectivity index (χ1v) is 8.73. The number of aromatic amines is 1. The number of amides is 2. The molecular weight excluding hydrogens is 340 g/mol. The molecule has 2 N–H and O–H groups in total. The summed E-state index contributed by atoms with van der Waals surface area (Å²) >= 11 is 0. The molecule has 0 unspecified atom stereocenters. The third-order valence-electron chi connectivity index (χ3n) is 4.13. The molecule has 1 radical (unpaired) electrons. The van der Waals surface area contributed by atoms with Crippen molar-refractivity contribution in [2.75, 3.05) is 0 Å². The molecule has 0 aliphatic heterocycles. The van der Waals surface area contributed by atoms with Gasteiger partial charge in [0.2, 0.25) is 6.29 Å².